The van der Waals surface area contributed by atoms with E-state index in [0.717, 1.165) is 25.2 Å². The summed E-state index contributed by atoms with van der Waals surface area (Å²) in [6.07, 6.45) is 0.939. The lowest BCUT2D eigenvalue weighted by Crippen LogP contribution is -2.31. The summed E-state index contributed by atoms with van der Waals surface area (Å²) < 4.78 is 0. The minimum absolute atomic E-state index is 0.337. The van der Waals surface area contributed by atoms with Gasteiger partial charge in [-0.2, -0.15) is 5.26 Å². The van der Waals surface area contributed by atoms with Gasteiger partial charge in [0.25, 0.3) is 0 Å². The lowest BCUT2D eigenvalue weighted by atomic mass is 10.00. The lowest BCUT2D eigenvalue weighted by molar-refractivity contribution is 0.699. The number of nitriles is 1. The van der Waals surface area contributed by atoms with Crippen molar-refractivity contribution in [3.05, 3.63) is 70.4 Å². The topological polar surface area (TPSA) is 57.7 Å². The van der Waals surface area contributed by atoms with Gasteiger partial charge in [-0.1, -0.05) is 35.9 Å². The zero-order valence-corrected chi connectivity index (χ0v) is 13.6. The van der Waals surface area contributed by atoms with Gasteiger partial charge in [0.05, 0.1) is 5.69 Å². The van der Waals surface area contributed by atoms with E-state index in [1.807, 2.05) is 18.2 Å². The predicted molar refractivity (Wildman–Crippen MR) is 92.3 cm³/mol. The van der Waals surface area contributed by atoms with Crippen LogP contribution in [0, 0.1) is 11.3 Å². The van der Waals surface area contributed by atoms with Gasteiger partial charge in [-0.15, -0.1) is 15.0 Å². The maximum absolute atomic E-state index is 9.44. The van der Waals surface area contributed by atoms with Crippen LogP contribution in [0.5, 0.6) is 0 Å². The van der Waals surface area contributed by atoms with E-state index in [2.05, 4.69) is 39.4 Å². The molecule has 3 aromatic rings. The fourth-order valence-electron chi connectivity index (χ4n) is 2.95. The van der Waals surface area contributed by atoms with Crippen LogP contribution in [-0.4, -0.2) is 21.5 Å². The molecule has 0 unspecified atom stereocenters. The highest BCUT2D eigenvalue weighted by Crippen LogP contribution is 2.25. The number of fused-ring (bicyclic) bond motifs is 1. The number of rotatable bonds is 2. The van der Waals surface area contributed by atoms with Crippen molar-refractivity contribution in [1.29, 1.82) is 5.26 Å². The first-order valence-corrected chi connectivity index (χ1v) is 8.07. The number of nitrogens with zero attached hydrogens (tertiary/aromatic N) is 5. The van der Waals surface area contributed by atoms with Gasteiger partial charge in [0, 0.05) is 18.1 Å². The summed E-state index contributed by atoms with van der Waals surface area (Å²) in [5.74, 6) is 0.627. The second kappa shape index (κ2) is 5.99. The normalized spacial score (nSPS) is 13.4. The molecule has 2 heterocycles. The van der Waals surface area contributed by atoms with Crippen molar-refractivity contribution in [2.45, 2.75) is 13.0 Å². The molecule has 4 rings (SSSR count). The summed E-state index contributed by atoms with van der Waals surface area (Å²) >= 11 is 5.92. The van der Waals surface area contributed by atoms with E-state index >= 15 is 0 Å². The van der Waals surface area contributed by atoms with Crippen molar-refractivity contribution in [2.75, 3.05) is 11.4 Å². The van der Waals surface area contributed by atoms with Gasteiger partial charge < -0.3 is 4.90 Å². The highest BCUT2D eigenvalue weighted by atomic mass is 35.5. The standard InChI is InChI=1S/C18H14ClN5/c19-15-5-7-16(8-6-15)24-21-17(11-20)18(22-24)23-10-9-13-3-1-2-4-14(13)12-23/h1-8H,9-10,12H2. The third kappa shape index (κ3) is 2.61. The van der Waals surface area contributed by atoms with Crippen molar-refractivity contribution in [3.63, 3.8) is 0 Å². The maximum Gasteiger partial charge on any atom is 0.207 e. The second-order valence-electron chi connectivity index (χ2n) is 5.69. The van der Waals surface area contributed by atoms with Gasteiger partial charge in [-0.3, -0.25) is 0 Å². The van der Waals surface area contributed by atoms with E-state index in [1.54, 1.807) is 12.1 Å². The third-order valence-corrected chi connectivity index (χ3v) is 4.44. The molecule has 0 fully saturated rings. The molecular weight excluding hydrogens is 322 g/mol. The molecule has 0 amide bonds. The highest BCUT2D eigenvalue weighted by Gasteiger charge is 2.22. The molecule has 1 aliphatic heterocycles. The molecule has 5 nitrogen and oxygen atoms in total. The zero-order valence-electron chi connectivity index (χ0n) is 12.9. The minimum Gasteiger partial charge on any atom is -0.348 e. The van der Waals surface area contributed by atoms with Gasteiger partial charge in [0.15, 0.2) is 5.82 Å². The molecular formula is C18H14ClN5. The highest BCUT2D eigenvalue weighted by molar-refractivity contribution is 6.30. The summed E-state index contributed by atoms with van der Waals surface area (Å²) in [7, 11) is 0. The number of anilines is 1. The average Bonchev–Trinajstić information content (AvgIpc) is 3.06. The Bertz CT molecular complexity index is 923. The quantitative estimate of drug-likeness (QED) is 0.720. The Hall–Kier alpha value is -2.84. The van der Waals surface area contributed by atoms with Crippen LogP contribution in [0.25, 0.3) is 5.69 Å². The van der Waals surface area contributed by atoms with Crippen molar-refractivity contribution in [3.8, 4) is 11.8 Å². The van der Waals surface area contributed by atoms with Crippen molar-refractivity contribution < 1.29 is 0 Å². The summed E-state index contributed by atoms with van der Waals surface area (Å²) in [5.41, 5.74) is 3.75. The van der Waals surface area contributed by atoms with Gasteiger partial charge in [-0.05, 0) is 41.8 Å². The average molecular weight is 336 g/mol. The second-order valence-corrected chi connectivity index (χ2v) is 6.13. The molecule has 0 atom stereocenters. The van der Waals surface area contributed by atoms with E-state index in [1.165, 1.54) is 15.9 Å². The molecule has 0 saturated carbocycles. The smallest absolute Gasteiger partial charge is 0.207 e. The fourth-order valence-corrected chi connectivity index (χ4v) is 3.08. The number of aromatic nitrogens is 3. The van der Waals surface area contributed by atoms with E-state index in [-0.39, 0.29) is 0 Å². The van der Waals surface area contributed by atoms with Crippen LogP contribution in [-0.2, 0) is 13.0 Å². The Morgan fingerprint density at radius 2 is 1.75 bits per heavy atom. The molecule has 0 N–H and O–H groups in total. The summed E-state index contributed by atoms with van der Waals surface area (Å²) in [6, 6.07) is 17.8. The molecule has 0 saturated heterocycles. The van der Waals surface area contributed by atoms with Crippen LogP contribution in [0.3, 0.4) is 0 Å². The summed E-state index contributed by atoms with van der Waals surface area (Å²) in [5, 5.41) is 19.0. The molecule has 24 heavy (non-hydrogen) atoms. The van der Waals surface area contributed by atoms with Crippen molar-refractivity contribution >= 4 is 17.4 Å². The van der Waals surface area contributed by atoms with Gasteiger partial charge in [-0.25, -0.2) is 0 Å². The minimum atomic E-state index is 0.337. The molecule has 0 radical (unpaired) electrons. The van der Waals surface area contributed by atoms with Crippen LogP contribution in [0.2, 0.25) is 5.02 Å². The van der Waals surface area contributed by atoms with E-state index < -0.39 is 0 Å². The summed E-state index contributed by atoms with van der Waals surface area (Å²) in [4.78, 5) is 3.60. The summed E-state index contributed by atoms with van der Waals surface area (Å²) in [6.45, 7) is 1.56. The van der Waals surface area contributed by atoms with Crippen LogP contribution < -0.4 is 4.90 Å². The van der Waals surface area contributed by atoms with Crippen LogP contribution in [0.15, 0.2) is 48.5 Å². The Morgan fingerprint density at radius 3 is 2.50 bits per heavy atom. The van der Waals surface area contributed by atoms with Crippen LogP contribution >= 0.6 is 11.6 Å². The fraction of sp³-hybridized carbons (Fsp3) is 0.167. The molecule has 0 bridgehead atoms. The van der Waals surface area contributed by atoms with E-state index in [4.69, 9.17) is 11.6 Å². The largest absolute Gasteiger partial charge is 0.348 e. The van der Waals surface area contributed by atoms with Crippen LogP contribution in [0.4, 0.5) is 5.82 Å². The molecule has 1 aromatic heterocycles. The molecule has 118 valence electrons. The Balaban J connectivity index is 1.69. The Labute approximate surface area is 144 Å². The molecule has 0 spiro atoms. The zero-order chi connectivity index (χ0) is 16.5. The number of benzene rings is 2. The van der Waals surface area contributed by atoms with E-state index in [9.17, 15) is 5.26 Å². The molecule has 6 heteroatoms. The number of hydrogen-bond donors (Lipinski definition) is 0. The molecule has 0 aliphatic carbocycles. The molecule has 1 aliphatic rings. The van der Waals surface area contributed by atoms with Crippen molar-refractivity contribution in [1.82, 2.24) is 15.0 Å². The predicted octanol–water partition coefficient (Wildman–Crippen LogP) is 3.36. The maximum atomic E-state index is 9.44. The number of halogens is 1. The monoisotopic (exact) mass is 335 g/mol. The SMILES string of the molecule is N#Cc1nn(-c2ccc(Cl)cc2)nc1N1CCc2ccccc2C1. The Kier molecular flexibility index (Phi) is 3.68. The first-order valence-electron chi connectivity index (χ1n) is 7.70. The first-order chi connectivity index (χ1) is 11.7. The lowest BCUT2D eigenvalue weighted by Gasteiger charge is -2.28. The van der Waals surface area contributed by atoms with Gasteiger partial charge >= 0.3 is 0 Å². The number of hydrogen-bond acceptors (Lipinski definition) is 4. The van der Waals surface area contributed by atoms with E-state index in [0.29, 0.717) is 16.5 Å². The van der Waals surface area contributed by atoms with Crippen LogP contribution in [0.1, 0.15) is 16.8 Å². The Morgan fingerprint density at radius 1 is 1.00 bits per heavy atom. The van der Waals surface area contributed by atoms with Gasteiger partial charge in [0.2, 0.25) is 5.69 Å². The third-order valence-electron chi connectivity index (χ3n) is 4.19. The van der Waals surface area contributed by atoms with Crippen molar-refractivity contribution in [2.24, 2.45) is 0 Å². The molecule has 2 aromatic carbocycles. The van der Waals surface area contributed by atoms with Gasteiger partial charge in [0.1, 0.15) is 6.07 Å². The first kappa shape index (κ1) is 14.7.